The minimum Gasteiger partial charge on any atom is -0.344 e. The fourth-order valence-electron chi connectivity index (χ4n) is 2.78. The Labute approximate surface area is 102 Å². The minimum atomic E-state index is -0.291. The number of likely N-dealkylation sites (tertiary alicyclic amines) is 1. The van der Waals surface area contributed by atoms with Gasteiger partial charge in [0.2, 0.25) is 11.8 Å². The quantitative estimate of drug-likeness (QED) is 0.727. The third-order valence-corrected chi connectivity index (χ3v) is 3.70. The van der Waals surface area contributed by atoms with Gasteiger partial charge in [-0.1, -0.05) is 0 Å². The number of nitrogens with two attached hydrogens (primary N) is 1. The zero-order chi connectivity index (χ0) is 12.3. The van der Waals surface area contributed by atoms with E-state index in [1.165, 1.54) is 6.42 Å². The first-order chi connectivity index (χ1) is 8.22. The predicted octanol–water partition coefficient (Wildman–Crippen LogP) is -0.00510. The molecule has 5 nitrogen and oxygen atoms in total. The Bertz CT molecular complexity index is 304. The molecule has 0 aromatic heterocycles. The van der Waals surface area contributed by atoms with Crippen LogP contribution in [0.2, 0.25) is 0 Å². The summed E-state index contributed by atoms with van der Waals surface area (Å²) >= 11 is 0. The van der Waals surface area contributed by atoms with E-state index in [-0.39, 0.29) is 23.9 Å². The van der Waals surface area contributed by atoms with E-state index in [4.69, 9.17) is 5.73 Å². The van der Waals surface area contributed by atoms with E-state index in [0.29, 0.717) is 19.4 Å². The van der Waals surface area contributed by atoms with Crippen LogP contribution in [-0.2, 0) is 9.59 Å². The molecule has 0 aromatic rings. The molecule has 0 aliphatic carbocycles. The fourth-order valence-corrected chi connectivity index (χ4v) is 2.78. The summed E-state index contributed by atoms with van der Waals surface area (Å²) in [5.74, 6) is 0.0877. The van der Waals surface area contributed by atoms with Crippen LogP contribution in [0.5, 0.6) is 0 Å². The molecule has 5 heteroatoms. The van der Waals surface area contributed by atoms with Crippen molar-refractivity contribution in [3.8, 4) is 0 Å². The van der Waals surface area contributed by atoms with Gasteiger partial charge in [-0.05, 0) is 38.6 Å². The molecular formula is C12H21N3O2. The van der Waals surface area contributed by atoms with Gasteiger partial charge in [-0.15, -0.1) is 0 Å². The van der Waals surface area contributed by atoms with Gasteiger partial charge in [-0.25, -0.2) is 0 Å². The molecule has 0 aromatic carbocycles. The summed E-state index contributed by atoms with van der Waals surface area (Å²) in [5.41, 5.74) is 5.59. The summed E-state index contributed by atoms with van der Waals surface area (Å²) in [4.78, 5) is 25.4. The first-order valence-electron chi connectivity index (χ1n) is 6.52. The van der Waals surface area contributed by atoms with E-state index in [2.05, 4.69) is 5.32 Å². The number of nitrogens with one attached hydrogen (secondary N) is 1. The van der Waals surface area contributed by atoms with Crippen LogP contribution in [-0.4, -0.2) is 41.9 Å². The Kier molecular flexibility index (Phi) is 3.99. The normalized spacial score (nSPS) is 29.2. The highest BCUT2D eigenvalue weighted by Gasteiger charge is 2.34. The molecule has 0 radical (unpaired) electrons. The molecule has 2 aliphatic heterocycles. The van der Waals surface area contributed by atoms with E-state index in [1.54, 1.807) is 0 Å². The molecule has 0 spiro atoms. The number of piperidine rings is 1. The predicted molar refractivity (Wildman–Crippen MR) is 64.2 cm³/mol. The Balaban J connectivity index is 1.98. The molecule has 2 atom stereocenters. The van der Waals surface area contributed by atoms with Crippen molar-refractivity contribution in [2.45, 2.75) is 50.6 Å². The van der Waals surface area contributed by atoms with Crippen LogP contribution in [0.15, 0.2) is 0 Å². The van der Waals surface area contributed by atoms with Crippen molar-refractivity contribution in [2.75, 3.05) is 13.1 Å². The van der Waals surface area contributed by atoms with Gasteiger partial charge in [-0.2, -0.15) is 0 Å². The fraction of sp³-hybridized carbons (Fsp3) is 0.833. The summed E-state index contributed by atoms with van der Waals surface area (Å²) in [6.07, 6.45) is 5.27. The molecule has 2 aliphatic rings. The molecule has 0 bridgehead atoms. The van der Waals surface area contributed by atoms with Gasteiger partial charge in [0.15, 0.2) is 0 Å². The monoisotopic (exact) mass is 239 g/mol. The van der Waals surface area contributed by atoms with Crippen LogP contribution in [0.3, 0.4) is 0 Å². The third kappa shape index (κ3) is 2.77. The Hall–Kier alpha value is -1.10. The second kappa shape index (κ2) is 5.49. The maximum Gasteiger partial charge on any atom is 0.245 e. The molecule has 3 N–H and O–H groups in total. The Morgan fingerprint density at radius 3 is 2.88 bits per heavy atom. The number of amides is 2. The van der Waals surface area contributed by atoms with Gasteiger partial charge in [-0.3, -0.25) is 9.59 Å². The van der Waals surface area contributed by atoms with Crippen molar-refractivity contribution in [3.05, 3.63) is 0 Å². The average molecular weight is 239 g/mol. The number of carbonyl (C=O) groups is 2. The Morgan fingerprint density at radius 2 is 2.24 bits per heavy atom. The summed E-state index contributed by atoms with van der Waals surface area (Å²) in [5, 5.41) is 2.75. The molecule has 2 saturated heterocycles. The largest absolute Gasteiger partial charge is 0.344 e. The number of nitrogens with zero attached hydrogens (tertiary/aromatic N) is 1. The smallest absolute Gasteiger partial charge is 0.245 e. The van der Waals surface area contributed by atoms with E-state index < -0.39 is 0 Å². The van der Waals surface area contributed by atoms with Crippen molar-refractivity contribution in [1.29, 1.82) is 0 Å². The summed E-state index contributed by atoms with van der Waals surface area (Å²) in [6.45, 7) is 1.43. The van der Waals surface area contributed by atoms with Gasteiger partial charge >= 0.3 is 0 Å². The number of hydrogen-bond acceptors (Lipinski definition) is 3. The number of hydrogen-bond donors (Lipinski definition) is 2. The Morgan fingerprint density at radius 1 is 1.41 bits per heavy atom. The van der Waals surface area contributed by atoms with Gasteiger partial charge in [0.25, 0.3) is 0 Å². The first-order valence-corrected chi connectivity index (χ1v) is 6.52. The standard InChI is InChI=1S/C12H21N3O2/c13-7-6-9-3-1-2-8-15(9)12(17)10-4-5-11(16)14-10/h9-10H,1-8,13H2,(H,14,16)/t9?,10-/m0/s1. The second-order valence-electron chi connectivity index (χ2n) is 4.92. The second-order valence-corrected chi connectivity index (χ2v) is 4.92. The topological polar surface area (TPSA) is 75.4 Å². The molecule has 2 amide bonds. The van der Waals surface area contributed by atoms with Gasteiger partial charge in [0.05, 0.1) is 0 Å². The number of rotatable bonds is 3. The van der Waals surface area contributed by atoms with Crippen LogP contribution in [0.1, 0.15) is 38.5 Å². The van der Waals surface area contributed by atoms with Crippen molar-refractivity contribution in [1.82, 2.24) is 10.2 Å². The van der Waals surface area contributed by atoms with E-state index in [0.717, 1.165) is 25.8 Å². The maximum absolute atomic E-state index is 12.3. The molecule has 0 saturated carbocycles. The zero-order valence-electron chi connectivity index (χ0n) is 10.2. The molecular weight excluding hydrogens is 218 g/mol. The highest BCUT2D eigenvalue weighted by molar-refractivity contribution is 5.91. The highest BCUT2D eigenvalue weighted by Crippen LogP contribution is 2.22. The van der Waals surface area contributed by atoms with Crippen LogP contribution < -0.4 is 11.1 Å². The highest BCUT2D eigenvalue weighted by atomic mass is 16.2. The summed E-state index contributed by atoms with van der Waals surface area (Å²) < 4.78 is 0. The van der Waals surface area contributed by atoms with E-state index >= 15 is 0 Å². The van der Waals surface area contributed by atoms with Crippen LogP contribution >= 0.6 is 0 Å². The molecule has 2 fully saturated rings. The lowest BCUT2D eigenvalue weighted by Gasteiger charge is -2.37. The third-order valence-electron chi connectivity index (χ3n) is 3.70. The van der Waals surface area contributed by atoms with Gasteiger partial charge in [0, 0.05) is 19.0 Å². The van der Waals surface area contributed by atoms with Crippen LogP contribution in [0.25, 0.3) is 0 Å². The van der Waals surface area contributed by atoms with Crippen LogP contribution in [0, 0.1) is 0 Å². The average Bonchev–Trinajstić information content (AvgIpc) is 2.76. The lowest BCUT2D eigenvalue weighted by molar-refractivity contribution is -0.137. The first kappa shape index (κ1) is 12.4. The minimum absolute atomic E-state index is 0.00395. The molecule has 1 unspecified atom stereocenters. The van der Waals surface area contributed by atoms with Crippen molar-refractivity contribution >= 4 is 11.8 Å². The number of carbonyl (C=O) groups excluding carboxylic acids is 2. The lowest BCUT2D eigenvalue weighted by atomic mass is 9.98. The summed E-state index contributed by atoms with van der Waals surface area (Å²) in [7, 11) is 0. The maximum atomic E-state index is 12.3. The molecule has 2 heterocycles. The zero-order valence-corrected chi connectivity index (χ0v) is 10.2. The van der Waals surface area contributed by atoms with Crippen molar-refractivity contribution in [3.63, 3.8) is 0 Å². The van der Waals surface area contributed by atoms with Crippen LogP contribution in [0.4, 0.5) is 0 Å². The lowest BCUT2D eigenvalue weighted by Crippen LogP contribution is -2.51. The summed E-state index contributed by atoms with van der Waals surface area (Å²) in [6, 6.07) is -0.0142. The SMILES string of the molecule is NCCC1CCCCN1C(=O)[C@@H]1CCC(=O)N1. The molecule has 17 heavy (non-hydrogen) atoms. The van der Waals surface area contributed by atoms with E-state index in [1.807, 2.05) is 4.90 Å². The molecule has 96 valence electrons. The van der Waals surface area contributed by atoms with Gasteiger partial charge < -0.3 is 16.0 Å². The van der Waals surface area contributed by atoms with Crippen molar-refractivity contribution < 1.29 is 9.59 Å². The van der Waals surface area contributed by atoms with Crippen molar-refractivity contribution in [2.24, 2.45) is 5.73 Å². The van der Waals surface area contributed by atoms with E-state index in [9.17, 15) is 9.59 Å². The van der Waals surface area contributed by atoms with Gasteiger partial charge in [0.1, 0.15) is 6.04 Å². The molecule has 2 rings (SSSR count).